The second-order valence-electron chi connectivity index (χ2n) is 5.94. The Kier molecular flexibility index (Phi) is 7.60. The van der Waals surface area contributed by atoms with E-state index >= 15 is 0 Å². The van der Waals surface area contributed by atoms with E-state index in [1.807, 2.05) is 43.3 Å². The van der Waals surface area contributed by atoms with Gasteiger partial charge in [-0.3, -0.25) is 19.4 Å². The van der Waals surface area contributed by atoms with Gasteiger partial charge >= 0.3 is 6.03 Å². The molecule has 138 valence electrons. The molecule has 1 aromatic rings. The van der Waals surface area contributed by atoms with Gasteiger partial charge in [0, 0.05) is 19.0 Å². The number of carbonyl (C=O) groups is 3. The Morgan fingerprint density at radius 2 is 1.58 bits per heavy atom. The van der Waals surface area contributed by atoms with Crippen molar-refractivity contribution in [1.29, 1.82) is 0 Å². The Hall–Kier alpha value is -2.40. The second kappa shape index (κ2) is 9.92. The molecular formula is C20H23ClN2O3. The van der Waals surface area contributed by atoms with E-state index in [0.717, 1.165) is 21.8 Å². The maximum atomic E-state index is 12.6. The van der Waals surface area contributed by atoms with Crippen LogP contribution >= 0.6 is 11.6 Å². The zero-order chi connectivity index (χ0) is 18.9. The summed E-state index contributed by atoms with van der Waals surface area (Å²) in [5, 5.41) is 0. The highest BCUT2D eigenvalue weighted by molar-refractivity contribution is 6.28. The van der Waals surface area contributed by atoms with Gasteiger partial charge in [-0.2, -0.15) is 0 Å². The fourth-order valence-corrected chi connectivity index (χ4v) is 2.71. The molecule has 0 radical (unpaired) electrons. The first-order valence-electron chi connectivity index (χ1n) is 8.77. The predicted molar refractivity (Wildman–Crippen MR) is 103 cm³/mol. The number of benzene rings is 1. The zero-order valence-electron chi connectivity index (χ0n) is 14.9. The molecule has 0 aromatic heterocycles. The van der Waals surface area contributed by atoms with Gasteiger partial charge in [-0.15, -0.1) is 11.6 Å². The van der Waals surface area contributed by atoms with Crippen molar-refractivity contribution < 1.29 is 14.4 Å². The quantitative estimate of drug-likeness (QED) is 0.394. The van der Waals surface area contributed by atoms with Crippen LogP contribution in [0.1, 0.15) is 31.7 Å². The van der Waals surface area contributed by atoms with Gasteiger partial charge in [0.05, 0.1) is 0 Å². The van der Waals surface area contributed by atoms with Crippen LogP contribution in [-0.2, 0) is 9.59 Å². The average Bonchev–Trinajstić information content (AvgIpc) is 2.65. The predicted octanol–water partition coefficient (Wildman–Crippen LogP) is 3.85. The van der Waals surface area contributed by atoms with Crippen molar-refractivity contribution in [2.75, 3.05) is 19.0 Å². The number of hydrogen-bond donors (Lipinski definition) is 0. The summed E-state index contributed by atoms with van der Waals surface area (Å²) in [6.07, 6.45) is 6.98. The third-order valence-corrected chi connectivity index (χ3v) is 4.28. The molecule has 1 saturated heterocycles. The standard InChI is InChI=1S/C20H23ClN2O3/c1-2-3-14-22-18(24)17(12-7-11-16-9-5-4-6-10-16)19(25)23(20(22)26)15-8-13-21/h4-7,9-12H,2-3,8,13-15H2,1H3/b11-7+,17-12+. The number of nitrogens with zero attached hydrogens (tertiary/aromatic N) is 2. The first-order chi connectivity index (χ1) is 12.6. The van der Waals surface area contributed by atoms with E-state index in [1.165, 1.54) is 6.08 Å². The van der Waals surface area contributed by atoms with Crippen molar-refractivity contribution >= 4 is 35.5 Å². The third-order valence-electron chi connectivity index (χ3n) is 4.01. The molecule has 2 rings (SSSR count). The third kappa shape index (κ3) is 4.82. The number of halogens is 1. The molecule has 1 aliphatic rings. The SMILES string of the molecule is CCCCN1C(=O)/C(=C\C=C\c2ccccc2)C(=O)N(CCCCl)C1=O. The average molecular weight is 375 g/mol. The number of amides is 4. The van der Waals surface area contributed by atoms with Crippen LogP contribution in [0.15, 0.2) is 48.1 Å². The Morgan fingerprint density at radius 1 is 0.962 bits per heavy atom. The lowest BCUT2D eigenvalue weighted by Crippen LogP contribution is -2.56. The molecule has 0 atom stereocenters. The summed E-state index contributed by atoms with van der Waals surface area (Å²) in [5.74, 6) is -0.753. The van der Waals surface area contributed by atoms with Gasteiger partial charge in [-0.25, -0.2) is 4.79 Å². The summed E-state index contributed by atoms with van der Waals surface area (Å²) >= 11 is 5.70. The van der Waals surface area contributed by atoms with Gasteiger partial charge in [0.15, 0.2) is 0 Å². The van der Waals surface area contributed by atoms with Crippen LogP contribution < -0.4 is 0 Å². The normalized spacial score (nSPS) is 17.0. The number of hydrogen-bond acceptors (Lipinski definition) is 3. The van der Waals surface area contributed by atoms with Crippen LogP contribution in [0.3, 0.4) is 0 Å². The fourth-order valence-electron chi connectivity index (χ4n) is 2.59. The molecule has 0 unspecified atom stereocenters. The number of imide groups is 2. The molecule has 1 aromatic carbocycles. The Balaban J connectivity index is 2.27. The van der Waals surface area contributed by atoms with Crippen molar-refractivity contribution in [3.8, 4) is 0 Å². The molecule has 26 heavy (non-hydrogen) atoms. The molecule has 1 aliphatic heterocycles. The number of urea groups is 1. The Bertz CT molecular complexity index is 681. The number of alkyl halides is 1. The van der Waals surface area contributed by atoms with Crippen LogP contribution in [0.4, 0.5) is 4.79 Å². The molecule has 0 aliphatic carbocycles. The van der Waals surface area contributed by atoms with Crippen molar-refractivity contribution in [3.63, 3.8) is 0 Å². The molecule has 0 N–H and O–H groups in total. The molecule has 1 fully saturated rings. The van der Waals surface area contributed by atoms with Crippen LogP contribution in [0.5, 0.6) is 0 Å². The summed E-state index contributed by atoms with van der Waals surface area (Å²) in [6.45, 7) is 2.49. The minimum Gasteiger partial charge on any atom is -0.268 e. The summed E-state index contributed by atoms with van der Waals surface area (Å²) in [5.41, 5.74) is 0.959. The molecular weight excluding hydrogens is 352 g/mol. The molecule has 0 saturated carbocycles. The number of barbiturate groups is 1. The molecule has 1 heterocycles. The molecule has 5 nitrogen and oxygen atoms in total. The van der Waals surface area contributed by atoms with Crippen LogP contribution in [-0.4, -0.2) is 46.6 Å². The largest absolute Gasteiger partial charge is 0.333 e. The van der Waals surface area contributed by atoms with E-state index < -0.39 is 17.8 Å². The zero-order valence-corrected chi connectivity index (χ0v) is 15.6. The number of carbonyl (C=O) groups excluding carboxylic acids is 3. The summed E-state index contributed by atoms with van der Waals surface area (Å²) in [4.78, 5) is 40.1. The summed E-state index contributed by atoms with van der Waals surface area (Å²) in [7, 11) is 0. The molecule has 0 spiro atoms. The monoisotopic (exact) mass is 374 g/mol. The highest BCUT2D eigenvalue weighted by atomic mass is 35.5. The highest BCUT2D eigenvalue weighted by Gasteiger charge is 2.40. The maximum Gasteiger partial charge on any atom is 0.333 e. The van der Waals surface area contributed by atoms with Crippen molar-refractivity contribution in [2.45, 2.75) is 26.2 Å². The van der Waals surface area contributed by atoms with Crippen LogP contribution in [0.25, 0.3) is 6.08 Å². The van der Waals surface area contributed by atoms with E-state index in [0.29, 0.717) is 25.3 Å². The molecule has 4 amide bonds. The lowest BCUT2D eigenvalue weighted by molar-refractivity contribution is -0.135. The van der Waals surface area contributed by atoms with Gasteiger partial charge in [-0.05, 0) is 24.5 Å². The van der Waals surface area contributed by atoms with E-state index in [2.05, 4.69) is 0 Å². The summed E-state index contributed by atoms with van der Waals surface area (Å²) in [6, 6.07) is 9.01. The van der Waals surface area contributed by atoms with Crippen molar-refractivity contribution in [2.24, 2.45) is 0 Å². The topological polar surface area (TPSA) is 57.7 Å². The highest BCUT2D eigenvalue weighted by Crippen LogP contribution is 2.19. The van der Waals surface area contributed by atoms with E-state index in [4.69, 9.17) is 11.6 Å². The second-order valence-corrected chi connectivity index (χ2v) is 6.32. The lowest BCUT2D eigenvalue weighted by atomic mass is 10.1. The van der Waals surface area contributed by atoms with Gasteiger partial charge in [0.25, 0.3) is 11.8 Å². The molecule has 6 heteroatoms. The number of allylic oxidation sites excluding steroid dienone is 2. The van der Waals surface area contributed by atoms with E-state index in [9.17, 15) is 14.4 Å². The van der Waals surface area contributed by atoms with Crippen LogP contribution in [0, 0.1) is 0 Å². The summed E-state index contributed by atoms with van der Waals surface area (Å²) < 4.78 is 0. The van der Waals surface area contributed by atoms with Gasteiger partial charge < -0.3 is 0 Å². The Labute approximate surface area is 158 Å². The minimum atomic E-state index is -0.560. The first kappa shape index (κ1) is 19.9. The molecule has 0 bridgehead atoms. The smallest absolute Gasteiger partial charge is 0.268 e. The van der Waals surface area contributed by atoms with Crippen LogP contribution in [0.2, 0.25) is 0 Å². The van der Waals surface area contributed by atoms with Gasteiger partial charge in [0.1, 0.15) is 5.57 Å². The van der Waals surface area contributed by atoms with Gasteiger partial charge in [-0.1, -0.05) is 55.8 Å². The lowest BCUT2D eigenvalue weighted by Gasteiger charge is -2.33. The number of rotatable bonds is 8. The first-order valence-corrected chi connectivity index (χ1v) is 9.30. The van der Waals surface area contributed by atoms with Gasteiger partial charge in [0.2, 0.25) is 0 Å². The van der Waals surface area contributed by atoms with E-state index in [-0.39, 0.29) is 12.1 Å². The van der Waals surface area contributed by atoms with Crippen molar-refractivity contribution in [3.05, 3.63) is 53.6 Å². The maximum absolute atomic E-state index is 12.6. The minimum absolute atomic E-state index is 0.00227. The fraction of sp³-hybridized carbons (Fsp3) is 0.350. The number of unbranched alkanes of at least 4 members (excludes halogenated alkanes) is 1. The van der Waals surface area contributed by atoms with Crippen molar-refractivity contribution in [1.82, 2.24) is 9.80 Å². The Morgan fingerprint density at radius 3 is 2.15 bits per heavy atom. The van der Waals surface area contributed by atoms with E-state index in [1.54, 1.807) is 6.08 Å².